The molecule has 1 aromatic carbocycles. The smallest absolute Gasteiger partial charge is 0.243 e. The van der Waals surface area contributed by atoms with E-state index in [1.807, 2.05) is 6.92 Å². The van der Waals surface area contributed by atoms with E-state index in [0.717, 1.165) is 10.0 Å². The van der Waals surface area contributed by atoms with E-state index in [1.165, 1.54) is 17.7 Å². The zero-order valence-corrected chi connectivity index (χ0v) is 12.9. The number of sulfonamides is 1. The molecule has 102 valence electrons. The summed E-state index contributed by atoms with van der Waals surface area (Å²) < 4.78 is 26.9. The quantitative estimate of drug-likeness (QED) is 0.915. The van der Waals surface area contributed by atoms with Crippen LogP contribution in [-0.4, -0.2) is 35.0 Å². The summed E-state index contributed by atoms with van der Waals surface area (Å²) in [6, 6.07) is 4.93. The summed E-state index contributed by atoms with van der Waals surface area (Å²) in [5.41, 5.74) is 0.870. The van der Waals surface area contributed by atoms with Crippen molar-refractivity contribution in [2.24, 2.45) is 0 Å². The van der Waals surface area contributed by atoms with E-state index in [-0.39, 0.29) is 11.4 Å². The van der Waals surface area contributed by atoms with Crippen molar-refractivity contribution >= 4 is 26.0 Å². The maximum atomic E-state index is 12.4. The predicted molar refractivity (Wildman–Crippen MR) is 73.9 cm³/mol. The van der Waals surface area contributed by atoms with E-state index >= 15 is 0 Å². The van der Waals surface area contributed by atoms with Crippen molar-refractivity contribution < 1.29 is 8.42 Å². The number of aromatic nitrogens is 3. The summed E-state index contributed by atoms with van der Waals surface area (Å²) in [7, 11) is -2.02. The Balaban J connectivity index is 2.28. The van der Waals surface area contributed by atoms with Crippen LogP contribution in [0.15, 0.2) is 33.9 Å². The Labute approximate surface area is 120 Å². The topological polar surface area (TPSA) is 79.0 Å². The average Bonchev–Trinajstić information content (AvgIpc) is 2.85. The molecule has 2 aromatic rings. The first kappa shape index (κ1) is 14.2. The van der Waals surface area contributed by atoms with Crippen LogP contribution >= 0.6 is 15.9 Å². The molecule has 1 heterocycles. The molecule has 0 spiro atoms. The molecule has 0 amide bonds. The van der Waals surface area contributed by atoms with Gasteiger partial charge in [-0.25, -0.2) is 13.4 Å². The van der Waals surface area contributed by atoms with E-state index in [0.29, 0.717) is 5.82 Å². The Hall–Kier alpha value is -1.25. The van der Waals surface area contributed by atoms with E-state index in [2.05, 4.69) is 31.1 Å². The van der Waals surface area contributed by atoms with Crippen LogP contribution in [0, 0.1) is 6.92 Å². The minimum Gasteiger partial charge on any atom is -0.262 e. The van der Waals surface area contributed by atoms with Crippen molar-refractivity contribution in [1.82, 2.24) is 19.5 Å². The number of aryl methyl sites for hydroxylation is 1. The van der Waals surface area contributed by atoms with Gasteiger partial charge in [0.1, 0.15) is 12.2 Å². The summed E-state index contributed by atoms with van der Waals surface area (Å²) in [5.74, 6) is 0.500. The van der Waals surface area contributed by atoms with Gasteiger partial charge in [-0.3, -0.25) is 5.10 Å². The number of hydrogen-bond acceptors (Lipinski definition) is 4. The lowest BCUT2D eigenvalue weighted by molar-refractivity contribution is 0.457. The normalized spacial score (nSPS) is 12.0. The van der Waals surface area contributed by atoms with E-state index < -0.39 is 10.0 Å². The van der Waals surface area contributed by atoms with Gasteiger partial charge in [-0.2, -0.15) is 9.40 Å². The van der Waals surface area contributed by atoms with Crippen molar-refractivity contribution in [2.75, 3.05) is 7.05 Å². The molecule has 0 fully saturated rings. The average molecular weight is 345 g/mol. The molecule has 19 heavy (non-hydrogen) atoms. The number of nitrogens with zero attached hydrogens (tertiary/aromatic N) is 3. The molecule has 0 saturated heterocycles. The predicted octanol–water partition coefficient (Wildman–Crippen LogP) is 1.70. The minimum absolute atomic E-state index is 0.150. The van der Waals surface area contributed by atoms with Gasteiger partial charge in [-0.05, 0) is 30.7 Å². The highest BCUT2D eigenvalue weighted by Gasteiger charge is 2.22. The lowest BCUT2D eigenvalue weighted by atomic mass is 10.2. The Morgan fingerprint density at radius 2 is 2.16 bits per heavy atom. The second-order valence-electron chi connectivity index (χ2n) is 4.10. The van der Waals surface area contributed by atoms with Crippen LogP contribution in [0.3, 0.4) is 0 Å². The van der Waals surface area contributed by atoms with E-state index in [4.69, 9.17) is 0 Å². The Morgan fingerprint density at radius 1 is 1.42 bits per heavy atom. The van der Waals surface area contributed by atoms with Gasteiger partial charge in [0.05, 0.1) is 11.4 Å². The standard InChI is InChI=1S/C11H13BrN4O2S/c1-8-5-9(3-4-10(8)12)19(17,18)16(2)6-11-13-7-14-15-11/h3-5,7H,6H2,1-2H3,(H,13,14,15). The Morgan fingerprint density at radius 3 is 2.74 bits per heavy atom. The first-order valence-corrected chi connectivity index (χ1v) is 7.71. The highest BCUT2D eigenvalue weighted by atomic mass is 79.9. The first-order valence-electron chi connectivity index (χ1n) is 5.48. The van der Waals surface area contributed by atoms with Gasteiger partial charge in [0.15, 0.2) is 0 Å². The lowest BCUT2D eigenvalue weighted by Gasteiger charge is -2.16. The van der Waals surface area contributed by atoms with Crippen molar-refractivity contribution in [3.8, 4) is 0 Å². The summed E-state index contributed by atoms with van der Waals surface area (Å²) in [6.45, 7) is 2.00. The van der Waals surface area contributed by atoms with Crippen LogP contribution in [0.25, 0.3) is 0 Å². The first-order chi connectivity index (χ1) is 8.91. The van der Waals surface area contributed by atoms with Crippen LogP contribution in [0.4, 0.5) is 0 Å². The summed E-state index contributed by atoms with van der Waals surface area (Å²) in [4.78, 5) is 4.17. The van der Waals surface area contributed by atoms with Crippen molar-refractivity contribution in [1.29, 1.82) is 0 Å². The van der Waals surface area contributed by atoms with Crippen molar-refractivity contribution in [3.63, 3.8) is 0 Å². The number of nitrogens with one attached hydrogen (secondary N) is 1. The molecule has 0 unspecified atom stereocenters. The summed E-state index contributed by atoms with van der Waals surface area (Å²) in [5, 5.41) is 6.33. The van der Waals surface area contributed by atoms with Gasteiger partial charge < -0.3 is 0 Å². The molecular formula is C11H13BrN4O2S. The van der Waals surface area contributed by atoms with E-state index in [9.17, 15) is 8.42 Å². The molecular weight excluding hydrogens is 332 g/mol. The Kier molecular flexibility index (Phi) is 4.02. The molecule has 1 N–H and O–H groups in total. The Bertz CT molecular complexity index is 670. The van der Waals surface area contributed by atoms with Crippen molar-refractivity contribution in [3.05, 3.63) is 40.4 Å². The molecule has 0 bridgehead atoms. The molecule has 0 aliphatic heterocycles. The molecule has 0 aliphatic carbocycles. The van der Waals surface area contributed by atoms with Crippen molar-refractivity contribution in [2.45, 2.75) is 18.4 Å². The number of halogens is 1. The maximum absolute atomic E-state index is 12.4. The molecule has 6 nitrogen and oxygen atoms in total. The second-order valence-corrected chi connectivity index (χ2v) is 7.00. The molecule has 0 aliphatic rings. The van der Waals surface area contributed by atoms with Crippen LogP contribution in [0.1, 0.15) is 11.4 Å². The van der Waals surface area contributed by atoms with Crippen LogP contribution in [-0.2, 0) is 16.6 Å². The number of benzene rings is 1. The molecule has 1 aromatic heterocycles. The monoisotopic (exact) mass is 344 g/mol. The summed E-state index contributed by atoms with van der Waals surface area (Å²) >= 11 is 3.35. The minimum atomic E-state index is -3.53. The van der Waals surface area contributed by atoms with E-state index in [1.54, 1.807) is 18.2 Å². The molecule has 0 atom stereocenters. The second kappa shape index (κ2) is 5.40. The number of H-pyrrole nitrogens is 1. The third-order valence-corrected chi connectivity index (χ3v) is 5.36. The number of rotatable bonds is 4. The highest BCUT2D eigenvalue weighted by molar-refractivity contribution is 9.10. The van der Waals surface area contributed by atoms with Crippen LogP contribution in [0.5, 0.6) is 0 Å². The van der Waals surface area contributed by atoms with Gasteiger partial charge >= 0.3 is 0 Å². The van der Waals surface area contributed by atoms with Gasteiger partial charge in [0.2, 0.25) is 10.0 Å². The fraction of sp³-hybridized carbons (Fsp3) is 0.273. The summed E-state index contributed by atoms with van der Waals surface area (Å²) in [6.07, 6.45) is 1.35. The van der Waals surface area contributed by atoms with Gasteiger partial charge in [-0.15, -0.1) is 0 Å². The molecule has 0 radical (unpaired) electrons. The zero-order valence-electron chi connectivity index (χ0n) is 10.5. The van der Waals surface area contributed by atoms with Crippen LogP contribution < -0.4 is 0 Å². The van der Waals surface area contributed by atoms with Gasteiger partial charge in [0, 0.05) is 11.5 Å². The number of aromatic amines is 1. The maximum Gasteiger partial charge on any atom is 0.243 e. The zero-order chi connectivity index (χ0) is 14.0. The fourth-order valence-corrected chi connectivity index (χ4v) is 3.02. The molecule has 8 heteroatoms. The highest BCUT2D eigenvalue weighted by Crippen LogP contribution is 2.22. The van der Waals surface area contributed by atoms with Crippen LogP contribution in [0.2, 0.25) is 0 Å². The fourth-order valence-electron chi connectivity index (χ4n) is 1.56. The lowest BCUT2D eigenvalue weighted by Crippen LogP contribution is -2.27. The molecule has 2 rings (SSSR count). The SMILES string of the molecule is Cc1cc(S(=O)(=O)N(C)Cc2ncn[nH]2)ccc1Br. The number of hydrogen-bond donors (Lipinski definition) is 1. The largest absolute Gasteiger partial charge is 0.262 e. The van der Waals surface area contributed by atoms with Gasteiger partial charge in [-0.1, -0.05) is 15.9 Å². The van der Waals surface area contributed by atoms with Gasteiger partial charge in [0.25, 0.3) is 0 Å². The third kappa shape index (κ3) is 3.02. The molecule has 0 saturated carbocycles. The third-order valence-electron chi connectivity index (χ3n) is 2.67.